The molecule has 1 aromatic rings. The lowest BCUT2D eigenvalue weighted by molar-refractivity contribution is 1.13. The van der Waals surface area contributed by atoms with Crippen LogP contribution in [0.5, 0.6) is 0 Å². The minimum atomic E-state index is 0.781. The maximum Gasteiger partial charge on any atom is 0.0406 e. The van der Waals surface area contributed by atoms with E-state index in [1.54, 1.807) is 0 Å². The molecule has 1 fully saturated rings. The minimum Gasteiger partial charge on any atom is -0.124 e. The summed E-state index contributed by atoms with van der Waals surface area (Å²) < 4.78 is 0. The molecular weight excluding hydrogens is 180 g/mol. The molecule has 1 saturated carbocycles. The van der Waals surface area contributed by atoms with Crippen molar-refractivity contribution >= 4 is 17.7 Å². The third-order valence-corrected chi connectivity index (χ3v) is 2.33. The molecule has 0 spiro atoms. The Labute approximate surface area is 83.5 Å². The number of hydrogen-bond donors (Lipinski definition) is 0. The van der Waals surface area contributed by atoms with Crippen LogP contribution in [0.3, 0.4) is 0 Å². The molecule has 0 atom stereocenters. The highest BCUT2D eigenvalue weighted by atomic mass is 35.5. The summed E-state index contributed by atoms with van der Waals surface area (Å²) in [6, 6.07) is 7.78. The number of allylic oxidation sites excluding steroid dienone is 1. The fourth-order valence-electron chi connectivity index (χ4n) is 1.10. The van der Waals surface area contributed by atoms with Crippen molar-refractivity contribution in [2.45, 2.75) is 12.8 Å². The summed E-state index contributed by atoms with van der Waals surface area (Å²) in [6.45, 7) is 0. The second-order valence-electron chi connectivity index (χ2n) is 3.37. The van der Waals surface area contributed by atoms with E-state index in [9.17, 15) is 0 Å². The van der Waals surface area contributed by atoms with Crippen LogP contribution >= 0.6 is 11.6 Å². The summed E-state index contributed by atoms with van der Waals surface area (Å²) in [6.07, 6.45) is 6.81. The number of rotatable bonds is 2. The number of benzene rings is 1. The van der Waals surface area contributed by atoms with Crippen molar-refractivity contribution in [1.29, 1.82) is 0 Å². The normalized spacial score (nSPS) is 14.8. The Morgan fingerprint density at radius 2 is 1.92 bits per heavy atom. The maximum atomic E-state index is 5.76. The highest BCUT2D eigenvalue weighted by Gasteiger charge is 2.16. The molecule has 13 heavy (non-hydrogen) atoms. The van der Waals surface area contributed by atoms with Crippen molar-refractivity contribution in [1.82, 2.24) is 0 Å². The van der Waals surface area contributed by atoms with E-state index in [2.05, 4.69) is 11.8 Å². The van der Waals surface area contributed by atoms with Gasteiger partial charge in [0.25, 0.3) is 0 Å². The van der Waals surface area contributed by atoms with E-state index in [0.717, 1.165) is 16.5 Å². The van der Waals surface area contributed by atoms with Gasteiger partial charge in [-0.3, -0.25) is 0 Å². The van der Waals surface area contributed by atoms with Crippen molar-refractivity contribution in [3.05, 3.63) is 46.7 Å². The van der Waals surface area contributed by atoms with Crippen molar-refractivity contribution in [3.63, 3.8) is 0 Å². The van der Waals surface area contributed by atoms with Crippen LogP contribution in [0, 0.1) is 5.92 Å². The van der Waals surface area contributed by atoms with E-state index in [4.69, 9.17) is 11.6 Å². The lowest BCUT2D eigenvalue weighted by atomic mass is 10.2. The molecule has 0 unspecified atom stereocenters. The lowest BCUT2D eigenvalue weighted by Crippen LogP contribution is -1.68. The molecule has 2 rings (SSSR count). The molecule has 1 heteroatoms. The Balaban J connectivity index is 2.08. The summed E-state index contributed by atoms with van der Waals surface area (Å²) in [7, 11) is 0. The van der Waals surface area contributed by atoms with Gasteiger partial charge in [-0.15, -0.1) is 5.73 Å². The first-order valence-electron chi connectivity index (χ1n) is 4.53. The highest BCUT2D eigenvalue weighted by Crippen LogP contribution is 2.29. The van der Waals surface area contributed by atoms with Crippen molar-refractivity contribution < 1.29 is 0 Å². The van der Waals surface area contributed by atoms with Crippen molar-refractivity contribution in [2.75, 3.05) is 0 Å². The van der Waals surface area contributed by atoms with E-state index >= 15 is 0 Å². The largest absolute Gasteiger partial charge is 0.124 e. The Morgan fingerprint density at radius 3 is 2.54 bits per heavy atom. The maximum absolute atomic E-state index is 5.76. The molecule has 0 bridgehead atoms. The zero-order valence-corrected chi connectivity index (χ0v) is 8.09. The molecule has 0 heterocycles. The van der Waals surface area contributed by atoms with Crippen LogP contribution in [-0.2, 0) is 0 Å². The lowest BCUT2D eigenvalue weighted by Gasteiger charge is -1.90. The monoisotopic (exact) mass is 190 g/mol. The summed E-state index contributed by atoms with van der Waals surface area (Å²) in [4.78, 5) is 0. The molecule has 0 radical (unpaired) electrons. The van der Waals surface area contributed by atoms with Gasteiger partial charge >= 0.3 is 0 Å². The zero-order chi connectivity index (χ0) is 9.10. The van der Waals surface area contributed by atoms with Crippen LogP contribution in [0.2, 0.25) is 5.02 Å². The van der Waals surface area contributed by atoms with Gasteiger partial charge in [-0.1, -0.05) is 23.7 Å². The fourth-order valence-corrected chi connectivity index (χ4v) is 1.23. The molecule has 0 nitrogen and oxygen atoms in total. The molecule has 0 aromatic heterocycles. The van der Waals surface area contributed by atoms with Gasteiger partial charge in [0.05, 0.1) is 0 Å². The van der Waals surface area contributed by atoms with Crippen LogP contribution in [0.1, 0.15) is 18.4 Å². The first-order valence-corrected chi connectivity index (χ1v) is 4.90. The molecule has 66 valence electrons. The van der Waals surface area contributed by atoms with E-state index in [-0.39, 0.29) is 0 Å². The standard InChI is InChI=1S/C12H11Cl/c13-12-8-6-11(7-9-12)3-1-2-10-4-5-10/h2-3,6-10H,4-5H2. The van der Waals surface area contributed by atoms with Crippen molar-refractivity contribution in [3.8, 4) is 0 Å². The Morgan fingerprint density at radius 1 is 1.23 bits per heavy atom. The number of hydrogen-bond acceptors (Lipinski definition) is 0. The summed E-state index contributed by atoms with van der Waals surface area (Å²) in [5, 5.41) is 0.781. The van der Waals surface area contributed by atoms with Gasteiger partial charge < -0.3 is 0 Å². The van der Waals surface area contributed by atoms with Crippen LogP contribution in [0.25, 0.3) is 6.08 Å². The van der Waals surface area contributed by atoms with E-state index in [1.807, 2.05) is 30.3 Å². The second kappa shape index (κ2) is 3.83. The molecule has 1 aliphatic rings. The predicted octanol–water partition coefficient (Wildman–Crippen LogP) is 3.92. The summed E-state index contributed by atoms with van der Waals surface area (Å²) in [5.74, 6) is 0.795. The molecule has 0 saturated heterocycles. The van der Waals surface area contributed by atoms with Gasteiger partial charge in [0.1, 0.15) is 0 Å². The molecule has 1 aromatic carbocycles. The molecular formula is C12H11Cl. The smallest absolute Gasteiger partial charge is 0.0406 e. The van der Waals surface area contributed by atoms with E-state index < -0.39 is 0 Å². The van der Waals surface area contributed by atoms with E-state index in [0.29, 0.717) is 0 Å². The molecule has 0 amide bonds. The van der Waals surface area contributed by atoms with Crippen LogP contribution in [0.15, 0.2) is 36.1 Å². The Bertz CT molecular complexity index is 338. The average molecular weight is 191 g/mol. The SMILES string of the molecule is Clc1ccc(C=C=CC2CC2)cc1. The quantitative estimate of drug-likeness (QED) is 0.621. The second-order valence-corrected chi connectivity index (χ2v) is 3.80. The highest BCUT2D eigenvalue weighted by molar-refractivity contribution is 6.30. The van der Waals surface area contributed by atoms with Crippen molar-refractivity contribution in [2.24, 2.45) is 5.92 Å². The molecule has 1 aliphatic carbocycles. The van der Waals surface area contributed by atoms with Crippen LogP contribution in [0.4, 0.5) is 0 Å². The number of halogens is 1. The summed E-state index contributed by atoms with van der Waals surface area (Å²) in [5.41, 5.74) is 4.34. The predicted molar refractivity (Wildman–Crippen MR) is 56.7 cm³/mol. The third kappa shape index (κ3) is 2.77. The van der Waals surface area contributed by atoms with Crippen LogP contribution < -0.4 is 0 Å². The van der Waals surface area contributed by atoms with Gasteiger partial charge in [-0.2, -0.15) is 0 Å². The first kappa shape index (κ1) is 8.62. The average Bonchev–Trinajstić information content (AvgIpc) is 2.92. The molecule has 0 aliphatic heterocycles. The van der Waals surface area contributed by atoms with Gasteiger partial charge in [0.2, 0.25) is 0 Å². The van der Waals surface area contributed by atoms with E-state index in [1.165, 1.54) is 12.8 Å². The fraction of sp³-hybridized carbons (Fsp3) is 0.250. The Kier molecular flexibility index (Phi) is 2.54. The third-order valence-electron chi connectivity index (χ3n) is 2.07. The first-order chi connectivity index (χ1) is 6.34. The van der Waals surface area contributed by atoms with Gasteiger partial charge in [0, 0.05) is 5.02 Å². The molecule has 0 N–H and O–H groups in total. The Hall–Kier alpha value is -0.970. The minimum absolute atomic E-state index is 0.781. The van der Waals surface area contributed by atoms with Gasteiger partial charge in [-0.05, 0) is 48.6 Å². The van der Waals surface area contributed by atoms with Crippen LogP contribution in [-0.4, -0.2) is 0 Å². The summed E-state index contributed by atoms with van der Waals surface area (Å²) >= 11 is 5.76. The van der Waals surface area contributed by atoms with Gasteiger partial charge in [0.15, 0.2) is 0 Å². The topological polar surface area (TPSA) is 0 Å². The zero-order valence-electron chi connectivity index (χ0n) is 7.33. The van der Waals surface area contributed by atoms with Gasteiger partial charge in [-0.25, -0.2) is 0 Å².